The molecule has 1 aromatic heterocycles. The number of para-hydroxylation sites is 2. The molecule has 0 aliphatic heterocycles. The van der Waals surface area contributed by atoms with Gasteiger partial charge < -0.3 is 15.4 Å². The molecule has 2 aromatic rings. The summed E-state index contributed by atoms with van der Waals surface area (Å²) >= 11 is 1.05. The molecule has 0 spiro atoms. The molecule has 1 aliphatic rings. The van der Waals surface area contributed by atoms with E-state index in [4.69, 9.17) is 4.74 Å². The average Bonchev–Trinajstić information content (AvgIpc) is 3.04. The molecule has 1 aliphatic carbocycles. The number of ether oxygens (including phenoxy) is 1. The van der Waals surface area contributed by atoms with Gasteiger partial charge in [0.15, 0.2) is 0 Å². The van der Waals surface area contributed by atoms with Crippen molar-refractivity contribution >= 4 is 33.8 Å². The largest absolute Gasteiger partial charge is 0.495 e. The van der Waals surface area contributed by atoms with Crippen molar-refractivity contribution in [1.29, 1.82) is 0 Å². The fraction of sp³-hybridized carbons (Fsp3) is 0.455. The van der Waals surface area contributed by atoms with Gasteiger partial charge in [-0.05, 0) is 48.3 Å². The molecule has 1 atom stereocenters. The third-order valence-electron chi connectivity index (χ3n) is 5.56. The number of carbonyl (C=O) groups is 2. The first-order valence-corrected chi connectivity index (χ1v) is 10.7. The predicted molar refractivity (Wildman–Crippen MR) is 115 cm³/mol. The number of thiophene rings is 1. The highest BCUT2D eigenvalue weighted by molar-refractivity contribution is 7.17. The Balaban J connectivity index is 2.00. The second-order valence-corrected chi connectivity index (χ2v) is 9.73. The van der Waals surface area contributed by atoms with Gasteiger partial charge in [-0.2, -0.15) is 13.2 Å². The molecule has 31 heavy (non-hydrogen) atoms. The van der Waals surface area contributed by atoms with Gasteiger partial charge in [0.05, 0.1) is 18.4 Å². The number of nitrogens with one attached hydrogen (secondary N) is 2. The lowest BCUT2D eigenvalue weighted by Gasteiger charge is -2.33. The van der Waals surface area contributed by atoms with E-state index in [9.17, 15) is 22.8 Å². The van der Waals surface area contributed by atoms with Gasteiger partial charge in [-0.25, -0.2) is 0 Å². The number of hydrogen-bond donors (Lipinski definition) is 2. The summed E-state index contributed by atoms with van der Waals surface area (Å²) < 4.78 is 43.9. The van der Waals surface area contributed by atoms with Crippen LogP contribution < -0.4 is 15.4 Å². The van der Waals surface area contributed by atoms with Gasteiger partial charge in [-0.15, -0.1) is 11.3 Å². The van der Waals surface area contributed by atoms with Crippen molar-refractivity contribution in [1.82, 2.24) is 0 Å². The van der Waals surface area contributed by atoms with E-state index in [2.05, 4.69) is 26.1 Å². The molecule has 0 bridgehead atoms. The minimum Gasteiger partial charge on any atom is -0.495 e. The average molecular weight is 455 g/mol. The number of amides is 2. The lowest BCUT2D eigenvalue weighted by molar-refractivity contribution is -0.167. The van der Waals surface area contributed by atoms with Crippen molar-refractivity contribution in [3.63, 3.8) is 0 Å². The van der Waals surface area contributed by atoms with E-state index in [0.29, 0.717) is 35.8 Å². The van der Waals surface area contributed by atoms with E-state index >= 15 is 0 Å². The molecule has 2 N–H and O–H groups in total. The van der Waals surface area contributed by atoms with E-state index in [1.807, 2.05) is 5.32 Å². The maximum absolute atomic E-state index is 13.2. The van der Waals surface area contributed by atoms with E-state index in [1.54, 1.807) is 24.3 Å². The van der Waals surface area contributed by atoms with Crippen molar-refractivity contribution in [3.8, 4) is 5.75 Å². The molecule has 9 heteroatoms. The zero-order valence-electron chi connectivity index (χ0n) is 17.8. The van der Waals surface area contributed by atoms with E-state index in [-0.39, 0.29) is 16.0 Å². The quantitative estimate of drug-likeness (QED) is 0.626. The molecular weight excluding hydrogens is 429 g/mol. The molecule has 3 rings (SSSR count). The summed E-state index contributed by atoms with van der Waals surface area (Å²) in [5.74, 6) is -1.91. The Morgan fingerprint density at radius 3 is 2.42 bits per heavy atom. The van der Waals surface area contributed by atoms with Crippen LogP contribution in [0, 0.1) is 11.3 Å². The fourth-order valence-corrected chi connectivity index (χ4v) is 5.08. The summed E-state index contributed by atoms with van der Waals surface area (Å²) in [6.45, 7) is 6.37. The monoisotopic (exact) mass is 454 g/mol. The molecule has 0 saturated heterocycles. The van der Waals surface area contributed by atoms with Crippen molar-refractivity contribution in [3.05, 3.63) is 40.3 Å². The second kappa shape index (κ2) is 8.53. The summed E-state index contributed by atoms with van der Waals surface area (Å²) in [4.78, 5) is 25.6. The van der Waals surface area contributed by atoms with Crippen LogP contribution in [-0.2, 0) is 17.6 Å². The lowest BCUT2D eigenvalue weighted by atomic mass is 9.72. The van der Waals surface area contributed by atoms with Crippen molar-refractivity contribution in [2.24, 2.45) is 11.3 Å². The van der Waals surface area contributed by atoms with Crippen LogP contribution in [0.3, 0.4) is 0 Å². The molecule has 0 radical (unpaired) electrons. The van der Waals surface area contributed by atoms with Gasteiger partial charge in [0.1, 0.15) is 10.8 Å². The van der Waals surface area contributed by atoms with Gasteiger partial charge in [-0.3, -0.25) is 9.59 Å². The normalized spacial score (nSPS) is 16.4. The first-order valence-electron chi connectivity index (χ1n) is 9.89. The third-order valence-corrected chi connectivity index (χ3v) is 6.73. The molecular formula is C22H25F3N2O3S. The number of rotatable bonds is 4. The van der Waals surface area contributed by atoms with Gasteiger partial charge >= 0.3 is 12.1 Å². The zero-order chi connectivity index (χ0) is 23.0. The Morgan fingerprint density at radius 2 is 1.81 bits per heavy atom. The van der Waals surface area contributed by atoms with Crippen molar-refractivity contribution in [2.45, 2.75) is 46.2 Å². The highest BCUT2D eigenvalue weighted by Gasteiger charge is 2.41. The van der Waals surface area contributed by atoms with Crippen LogP contribution in [-0.4, -0.2) is 25.1 Å². The smallest absolute Gasteiger partial charge is 0.471 e. The highest BCUT2D eigenvalue weighted by atomic mass is 32.1. The van der Waals surface area contributed by atoms with Gasteiger partial charge in [0, 0.05) is 4.88 Å². The number of alkyl halides is 3. The SMILES string of the molecule is COc1ccccc1NC(=O)c1c(NC(=O)C(F)(F)F)sc2c1CC[C@H](C(C)(C)C)C2. The Bertz CT molecular complexity index is 993. The Labute approximate surface area is 183 Å². The topological polar surface area (TPSA) is 67.4 Å². The number of anilines is 2. The first kappa shape index (κ1) is 23.1. The van der Waals surface area contributed by atoms with Crippen molar-refractivity contribution in [2.75, 3.05) is 17.7 Å². The van der Waals surface area contributed by atoms with Crippen molar-refractivity contribution < 1.29 is 27.5 Å². The number of hydrogen-bond acceptors (Lipinski definition) is 4. The Kier molecular flexibility index (Phi) is 6.36. The summed E-state index contributed by atoms with van der Waals surface area (Å²) in [6.07, 6.45) is -3.02. The van der Waals surface area contributed by atoms with Crippen LogP contribution in [0.15, 0.2) is 24.3 Å². The van der Waals surface area contributed by atoms with Gasteiger partial charge in [0.2, 0.25) is 0 Å². The standard InChI is InChI=1S/C22H25F3N2O3S/c1-21(2,3)12-9-10-13-16(11-12)31-19(27-20(29)22(23,24)25)17(13)18(28)26-14-7-5-6-8-15(14)30-4/h5-8,12H,9-11H2,1-4H3,(H,26,28)(H,27,29)/t12-/m0/s1. The fourth-order valence-electron chi connectivity index (χ4n) is 3.76. The zero-order valence-corrected chi connectivity index (χ0v) is 18.6. The molecule has 168 valence electrons. The molecule has 1 heterocycles. The molecule has 0 fully saturated rings. The Morgan fingerprint density at radius 1 is 1.13 bits per heavy atom. The van der Waals surface area contributed by atoms with E-state index < -0.39 is 18.0 Å². The number of fused-ring (bicyclic) bond motifs is 1. The summed E-state index contributed by atoms with van der Waals surface area (Å²) in [5.41, 5.74) is 1.22. The summed E-state index contributed by atoms with van der Waals surface area (Å²) in [6, 6.07) is 6.75. The molecule has 0 unspecified atom stereocenters. The highest BCUT2D eigenvalue weighted by Crippen LogP contribution is 2.45. The third kappa shape index (κ3) is 5.03. The van der Waals surface area contributed by atoms with E-state index in [1.165, 1.54) is 7.11 Å². The Hall–Kier alpha value is -2.55. The van der Waals surface area contributed by atoms with Crippen LogP contribution in [0.4, 0.5) is 23.9 Å². The maximum Gasteiger partial charge on any atom is 0.471 e. The maximum atomic E-state index is 13.2. The minimum absolute atomic E-state index is 0.0247. The summed E-state index contributed by atoms with van der Waals surface area (Å²) in [7, 11) is 1.46. The van der Waals surface area contributed by atoms with Crippen LogP contribution >= 0.6 is 11.3 Å². The minimum atomic E-state index is -5.05. The second-order valence-electron chi connectivity index (χ2n) is 8.62. The van der Waals surface area contributed by atoms with Crippen LogP contribution in [0.2, 0.25) is 0 Å². The molecule has 1 aromatic carbocycles. The van der Waals surface area contributed by atoms with Crippen LogP contribution in [0.25, 0.3) is 0 Å². The number of methoxy groups -OCH3 is 1. The number of halogens is 3. The number of benzene rings is 1. The molecule has 2 amide bonds. The van der Waals surface area contributed by atoms with Crippen LogP contribution in [0.1, 0.15) is 48.0 Å². The molecule has 0 saturated carbocycles. The van der Waals surface area contributed by atoms with E-state index in [0.717, 1.165) is 22.6 Å². The predicted octanol–water partition coefficient (Wildman–Crippen LogP) is 5.66. The summed E-state index contributed by atoms with van der Waals surface area (Å²) in [5, 5.41) is 4.56. The van der Waals surface area contributed by atoms with Crippen LogP contribution in [0.5, 0.6) is 5.75 Å². The van der Waals surface area contributed by atoms with Gasteiger partial charge in [-0.1, -0.05) is 32.9 Å². The number of carbonyl (C=O) groups excluding carboxylic acids is 2. The lowest BCUT2D eigenvalue weighted by Crippen LogP contribution is -2.30. The first-order chi connectivity index (χ1) is 14.4. The van der Waals surface area contributed by atoms with Gasteiger partial charge in [0.25, 0.3) is 5.91 Å². The molecule has 5 nitrogen and oxygen atoms in total.